The van der Waals surface area contributed by atoms with Gasteiger partial charge in [-0.15, -0.1) is 10.2 Å². The summed E-state index contributed by atoms with van der Waals surface area (Å²) in [5.74, 6) is 0.0111. The average molecular weight is 220 g/mol. The monoisotopic (exact) mass is 220 g/mol. The normalized spacial score (nSPS) is 10.8. The Kier molecular flexibility index (Phi) is 4.33. The minimum Gasteiger partial charge on any atom is -0.507 e. The van der Waals surface area contributed by atoms with Crippen LogP contribution in [0.3, 0.4) is 0 Å². The van der Waals surface area contributed by atoms with E-state index in [2.05, 4.69) is 20.7 Å². The Balaban J connectivity index is 2.47. The Hall–Kier alpha value is -2.57. The van der Waals surface area contributed by atoms with E-state index in [4.69, 9.17) is 11.5 Å². The van der Waals surface area contributed by atoms with Crippen LogP contribution in [0.25, 0.3) is 0 Å². The lowest BCUT2D eigenvalue weighted by atomic mass is 10.2. The van der Waals surface area contributed by atoms with Crippen molar-refractivity contribution in [1.29, 1.82) is 0 Å². The van der Waals surface area contributed by atoms with Crippen molar-refractivity contribution in [3.05, 3.63) is 29.8 Å². The highest BCUT2D eigenvalue weighted by molar-refractivity contribution is 5.83. The van der Waals surface area contributed by atoms with Crippen molar-refractivity contribution in [2.45, 2.75) is 0 Å². The molecule has 7 heteroatoms. The number of benzene rings is 1. The van der Waals surface area contributed by atoms with E-state index < -0.39 is 0 Å². The summed E-state index contributed by atoms with van der Waals surface area (Å²) < 4.78 is 0. The molecule has 1 aromatic rings. The van der Waals surface area contributed by atoms with Crippen molar-refractivity contribution >= 4 is 18.5 Å². The van der Waals surface area contributed by atoms with Gasteiger partial charge in [0, 0.05) is 5.56 Å². The van der Waals surface area contributed by atoms with Gasteiger partial charge in [-0.25, -0.2) is 0 Å². The van der Waals surface area contributed by atoms with Crippen molar-refractivity contribution in [2.75, 3.05) is 0 Å². The first-order valence-corrected chi connectivity index (χ1v) is 4.37. The van der Waals surface area contributed by atoms with Crippen LogP contribution >= 0.6 is 0 Å². The molecule has 0 saturated carbocycles. The third-order valence-corrected chi connectivity index (χ3v) is 1.50. The highest BCUT2D eigenvalue weighted by Gasteiger charge is 1.93. The number of phenolic OH excluding ortho intramolecular Hbond substituents is 1. The summed E-state index contributed by atoms with van der Waals surface area (Å²) in [7, 11) is 0. The average Bonchev–Trinajstić information content (AvgIpc) is 2.25. The summed E-state index contributed by atoms with van der Waals surface area (Å²) in [6.07, 6.45) is 2.65. The molecule has 0 heterocycles. The van der Waals surface area contributed by atoms with Crippen LogP contribution in [0.4, 0.5) is 0 Å². The first kappa shape index (κ1) is 11.5. The molecule has 0 bridgehead atoms. The first-order chi connectivity index (χ1) is 7.70. The molecule has 7 nitrogen and oxygen atoms in total. The number of nitrogens with zero attached hydrogens (tertiary/aromatic N) is 3. The predicted molar refractivity (Wildman–Crippen MR) is 63.1 cm³/mol. The quantitative estimate of drug-likeness (QED) is 0.311. The van der Waals surface area contributed by atoms with Crippen molar-refractivity contribution in [3.8, 4) is 5.75 Å². The van der Waals surface area contributed by atoms with E-state index >= 15 is 0 Å². The molecule has 0 radical (unpaired) electrons. The molecule has 0 aliphatic heterocycles. The van der Waals surface area contributed by atoms with E-state index in [9.17, 15) is 5.11 Å². The van der Waals surface area contributed by atoms with Gasteiger partial charge < -0.3 is 16.6 Å². The zero-order valence-electron chi connectivity index (χ0n) is 8.41. The van der Waals surface area contributed by atoms with Gasteiger partial charge >= 0.3 is 0 Å². The number of hydrogen-bond acceptors (Lipinski definition) is 4. The van der Waals surface area contributed by atoms with Crippen LogP contribution in [0.5, 0.6) is 5.75 Å². The summed E-state index contributed by atoms with van der Waals surface area (Å²) in [6, 6.07) is 6.79. The third-order valence-electron chi connectivity index (χ3n) is 1.50. The first-order valence-electron chi connectivity index (χ1n) is 4.37. The van der Waals surface area contributed by atoms with Crippen LogP contribution in [0.2, 0.25) is 0 Å². The molecule has 0 unspecified atom stereocenters. The maximum Gasteiger partial charge on any atom is 0.211 e. The molecule has 1 rings (SSSR count). The number of rotatable bonds is 4. The summed E-state index contributed by atoms with van der Waals surface area (Å²) >= 11 is 0. The van der Waals surface area contributed by atoms with Crippen LogP contribution in [-0.4, -0.2) is 23.6 Å². The zero-order valence-corrected chi connectivity index (χ0v) is 8.41. The molecule has 0 aliphatic carbocycles. The van der Waals surface area contributed by atoms with E-state index in [-0.39, 0.29) is 11.7 Å². The number of aromatic hydroxyl groups is 1. The standard InChI is InChI=1S/C9H12N6O/c10-9(11)15-14-6-13-12-5-7-3-1-2-4-8(7)16/h1-6,16H,(H,13,14)(H4,10,11,15)/b12-5-. The lowest BCUT2D eigenvalue weighted by Crippen LogP contribution is -2.22. The highest BCUT2D eigenvalue weighted by Crippen LogP contribution is 2.12. The number of para-hydroxylation sites is 1. The van der Waals surface area contributed by atoms with Gasteiger partial charge in [-0.05, 0) is 12.1 Å². The van der Waals surface area contributed by atoms with Gasteiger partial charge in [-0.1, -0.05) is 12.1 Å². The van der Waals surface area contributed by atoms with Gasteiger partial charge in [-0.3, -0.25) is 5.43 Å². The molecule has 1 aromatic carbocycles. The molecule has 84 valence electrons. The third kappa shape index (κ3) is 4.09. The Labute approximate surface area is 92.2 Å². The Bertz CT molecular complexity index is 422. The molecule has 0 atom stereocenters. The second-order valence-corrected chi connectivity index (χ2v) is 2.72. The van der Waals surface area contributed by atoms with Gasteiger partial charge in [0.1, 0.15) is 12.1 Å². The van der Waals surface area contributed by atoms with Crippen LogP contribution in [0, 0.1) is 0 Å². The summed E-state index contributed by atoms with van der Waals surface area (Å²) in [5.41, 5.74) is 13.1. The van der Waals surface area contributed by atoms with Crippen molar-refractivity contribution in [1.82, 2.24) is 5.43 Å². The van der Waals surface area contributed by atoms with E-state index in [1.807, 2.05) is 0 Å². The molecule has 16 heavy (non-hydrogen) atoms. The van der Waals surface area contributed by atoms with Gasteiger partial charge in [0.25, 0.3) is 0 Å². The van der Waals surface area contributed by atoms with Crippen molar-refractivity contribution < 1.29 is 5.11 Å². The molecular weight excluding hydrogens is 208 g/mol. The molecule has 0 saturated heterocycles. The van der Waals surface area contributed by atoms with Crippen LogP contribution < -0.4 is 16.9 Å². The van der Waals surface area contributed by atoms with Gasteiger partial charge in [0.2, 0.25) is 5.96 Å². The summed E-state index contributed by atoms with van der Waals surface area (Å²) in [6.45, 7) is 0. The van der Waals surface area contributed by atoms with Crippen molar-refractivity contribution in [2.24, 2.45) is 26.8 Å². The van der Waals surface area contributed by atoms with Crippen molar-refractivity contribution in [3.63, 3.8) is 0 Å². The Morgan fingerprint density at radius 1 is 1.31 bits per heavy atom. The maximum absolute atomic E-state index is 9.38. The van der Waals surface area contributed by atoms with Crippen LogP contribution in [0.15, 0.2) is 39.6 Å². The SMILES string of the molecule is NC(N)=N/N=C\N/N=C\c1ccccc1O. The van der Waals surface area contributed by atoms with E-state index in [1.54, 1.807) is 24.3 Å². The summed E-state index contributed by atoms with van der Waals surface area (Å²) in [4.78, 5) is 0. The molecule has 0 amide bonds. The number of hydrogen-bond donors (Lipinski definition) is 4. The highest BCUT2D eigenvalue weighted by atomic mass is 16.3. The number of nitrogens with two attached hydrogens (primary N) is 2. The fourth-order valence-electron chi connectivity index (χ4n) is 0.858. The lowest BCUT2D eigenvalue weighted by molar-refractivity contribution is 0.474. The van der Waals surface area contributed by atoms with Gasteiger partial charge in [0.05, 0.1) is 6.21 Å². The number of hydrazone groups is 1. The minimum absolute atomic E-state index is 0.136. The van der Waals surface area contributed by atoms with Crippen LogP contribution in [-0.2, 0) is 0 Å². The summed E-state index contributed by atoms with van der Waals surface area (Å²) in [5, 5.41) is 19.9. The molecule has 0 aromatic heterocycles. The second-order valence-electron chi connectivity index (χ2n) is 2.72. The fourth-order valence-corrected chi connectivity index (χ4v) is 0.858. The minimum atomic E-state index is -0.136. The Morgan fingerprint density at radius 2 is 2.06 bits per heavy atom. The van der Waals surface area contributed by atoms with E-state index in [0.29, 0.717) is 5.56 Å². The van der Waals surface area contributed by atoms with Crippen LogP contribution in [0.1, 0.15) is 5.56 Å². The van der Waals surface area contributed by atoms with Gasteiger partial charge in [0.15, 0.2) is 0 Å². The van der Waals surface area contributed by atoms with Gasteiger partial charge in [-0.2, -0.15) is 5.10 Å². The maximum atomic E-state index is 9.38. The number of nitrogens with one attached hydrogen (secondary N) is 1. The molecule has 0 spiro atoms. The molecular formula is C9H12N6O. The van der Waals surface area contributed by atoms with E-state index in [1.165, 1.54) is 12.6 Å². The number of phenols is 1. The lowest BCUT2D eigenvalue weighted by Gasteiger charge is -1.95. The smallest absolute Gasteiger partial charge is 0.211 e. The number of guanidine groups is 1. The Morgan fingerprint density at radius 3 is 2.75 bits per heavy atom. The topological polar surface area (TPSA) is 121 Å². The fraction of sp³-hybridized carbons (Fsp3) is 0. The zero-order chi connectivity index (χ0) is 11.8. The largest absolute Gasteiger partial charge is 0.507 e. The molecule has 0 fully saturated rings. The predicted octanol–water partition coefficient (Wildman–Crippen LogP) is -0.468. The molecule has 6 N–H and O–H groups in total. The van der Waals surface area contributed by atoms with E-state index in [0.717, 1.165) is 0 Å². The molecule has 0 aliphatic rings. The second kappa shape index (κ2) is 6.02.